The number of nitrogen functional groups attached to an aromatic ring is 1. The quantitative estimate of drug-likeness (QED) is 0.234. The normalized spacial score (nSPS) is 27.2. The van der Waals surface area contributed by atoms with Crippen molar-refractivity contribution in [3.05, 3.63) is 6.33 Å². The van der Waals surface area contributed by atoms with Gasteiger partial charge in [-0.1, -0.05) is 11.8 Å². The fourth-order valence-electron chi connectivity index (χ4n) is 2.46. The monoisotopic (exact) mass is 393 g/mol. The third-order valence-electron chi connectivity index (χ3n) is 3.63. The van der Waals surface area contributed by atoms with Crippen LogP contribution in [0, 0.1) is 0 Å². The Morgan fingerprint density at radius 1 is 1.40 bits per heavy atom. The number of fused-ring (bicyclic) bond motifs is 1. The maximum atomic E-state index is 10.8. The lowest BCUT2D eigenvalue weighted by Crippen LogP contribution is -2.33. The van der Waals surface area contributed by atoms with E-state index in [2.05, 4.69) is 19.5 Å². The Morgan fingerprint density at radius 3 is 2.76 bits per heavy atom. The molecular weight excluding hydrogens is 377 g/mol. The molecule has 1 saturated heterocycles. The van der Waals surface area contributed by atoms with Gasteiger partial charge in [0, 0.05) is 0 Å². The Labute approximate surface area is 145 Å². The SMILES string of the molecule is CSc1nc(N)c2ncn([C@@H]3O[C@H](COP(=O)(O)O)[C@@H](O)[C@H]3O)c2n1. The molecule has 0 unspecified atom stereocenters. The molecule has 0 aliphatic carbocycles. The summed E-state index contributed by atoms with van der Waals surface area (Å²) in [7, 11) is -4.73. The fraction of sp³-hybridized carbons (Fsp3) is 0.545. The zero-order valence-electron chi connectivity index (χ0n) is 12.8. The van der Waals surface area contributed by atoms with Crippen LogP contribution in [-0.2, 0) is 13.8 Å². The van der Waals surface area contributed by atoms with Gasteiger partial charge in [0.15, 0.2) is 22.8 Å². The van der Waals surface area contributed by atoms with Crippen LogP contribution in [0.1, 0.15) is 6.23 Å². The Balaban J connectivity index is 1.90. The van der Waals surface area contributed by atoms with Gasteiger partial charge < -0.3 is 30.5 Å². The minimum absolute atomic E-state index is 0.155. The summed E-state index contributed by atoms with van der Waals surface area (Å²) < 4.78 is 22.0. The fourth-order valence-corrected chi connectivity index (χ4v) is 3.17. The van der Waals surface area contributed by atoms with Gasteiger partial charge >= 0.3 is 7.82 Å². The molecule has 0 spiro atoms. The predicted octanol–water partition coefficient (Wildman–Crippen LogP) is -1.14. The van der Waals surface area contributed by atoms with E-state index in [-0.39, 0.29) is 5.82 Å². The number of phosphoric acid groups is 1. The van der Waals surface area contributed by atoms with Crippen LogP contribution < -0.4 is 5.73 Å². The topological polar surface area (TPSA) is 186 Å². The second-order valence-electron chi connectivity index (χ2n) is 5.25. The summed E-state index contributed by atoms with van der Waals surface area (Å²) in [6, 6.07) is 0. The van der Waals surface area contributed by atoms with Gasteiger partial charge in [-0.15, -0.1) is 0 Å². The molecule has 2 aromatic rings. The van der Waals surface area contributed by atoms with Crippen LogP contribution in [0.25, 0.3) is 11.2 Å². The van der Waals surface area contributed by atoms with Crippen LogP contribution in [0.5, 0.6) is 0 Å². The Kier molecular flexibility index (Phi) is 5.01. The number of aliphatic hydroxyl groups is 2. The van der Waals surface area contributed by atoms with Crippen molar-refractivity contribution in [3.63, 3.8) is 0 Å². The highest BCUT2D eigenvalue weighted by Crippen LogP contribution is 2.39. The third kappa shape index (κ3) is 3.64. The lowest BCUT2D eigenvalue weighted by atomic mass is 10.1. The lowest BCUT2D eigenvalue weighted by Gasteiger charge is -2.16. The lowest BCUT2D eigenvalue weighted by molar-refractivity contribution is -0.0504. The zero-order valence-corrected chi connectivity index (χ0v) is 14.5. The Hall–Kier alpha value is -1.31. The van der Waals surface area contributed by atoms with Crippen molar-refractivity contribution in [2.75, 3.05) is 18.6 Å². The van der Waals surface area contributed by atoms with Crippen LogP contribution >= 0.6 is 19.6 Å². The van der Waals surface area contributed by atoms with E-state index in [4.69, 9.17) is 20.3 Å². The van der Waals surface area contributed by atoms with E-state index in [1.165, 1.54) is 22.7 Å². The van der Waals surface area contributed by atoms with Gasteiger partial charge in [-0.25, -0.2) is 19.5 Å². The summed E-state index contributed by atoms with van der Waals surface area (Å²) in [5.41, 5.74) is 6.43. The van der Waals surface area contributed by atoms with Gasteiger partial charge in [-0.2, -0.15) is 0 Å². The predicted molar refractivity (Wildman–Crippen MR) is 85.4 cm³/mol. The van der Waals surface area contributed by atoms with Crippen LogP contribution in [-0.4, -0.2) is 70.7 Å². The van der Waals surface area contributed by atoms with Crippen molar-refractivity contribution in [2.45, 2.75) is 29.7 Å². The summed E-state index contributed by atoms with van der Waals surface area (Å²) in [4.78, 5) is 29.9. The number of anilines is 1. The van der Waals surface area contributed by atoms with Crippen molar-refractivity contribution in [1.29, 1.82) is 0 Å². The standard InChI is InChI=1S/C11H16N5O7PS/c1-25-11-14-8(12)5-9(15-11)16(3-13-5)10-7(18)6(17)4(23-10)2-22-24(19,20)21/h3-4,6-7,10,17-18H,2H2,1H3,(H2,12,14,15)(H2,19,20,21)/t4-,6-,7-,10-/m1/s1. The van der Waals surface area contributed by atoms with E-state index in [1.807, 2.05) is 0 Å². The molecule has 0 aromatic carbocycles. The molecule has 14 heteroatoms. The first-order chi connectivity index (χ1) is 11.7. The molecular formula is C11H16N5O7PS. The molecule has 0 bridgehead atoms. The van der Waals surface area contributed by atoms with Crippen molar-refractivity contribution in [3.8, 4) is 0 Å². The van der Waals surface area contributed by atoms with Crippen LogP contribution in [0.4, 0.5) is 5.82 Å². The molecule has 1 aliphatic heterocycles. The number of hydrogen-bond acceptors (Lipinski definition) is 10. The van der Waals surface area contributed by atoms with E-state index >= 15 is 0 Å². The minimum atomic E-state index is -4.73. The number of phosphoric ester groups is 1. The summed E-state index contributed by atoms with van der Waals surface area (Å²) in [6.45, 7) is -0.598. The van der Waals surface area contributed by atoms with E-state index < -0.39 is 39.0 Å². The molecule has 1 fully saturated rings. The third-order valence-corrected chi connectivity index (χ3v) is 4.66. The average molecular weight is 393 g/mol. The summed E-state index contributed by atoms with van der Waals surface area (Å²) in [5.74, 6) is 0.155. The molecule has 4 atom stereocenters. The van der Waals surface area contributed by atoms with Crippen LogP contribution in [0.2, 0.25) is 0 Å². The number of aliphatic hydroxyl groups excluding tert-OH is 2. The van der Waals surface area contributed by atoms with Crippen LogP contribution in [0.15, 0.2) is 11.5 Å². The van der Waals surface area contributed by atoms with Gasteiger partial charge in [0.1, 0.15) is 23.8 Å². The first kappa shape index (κ1) is 18.5. The Morgan fingerprint density at radius 2 is 2.12 bits per heavy atom. The molecule has 1 aliphatic rings. The number of nitrogens with zero attached hydrogens (tertiary/aromatic N) is 4. The molecule has 25 heavy (non-hydrogen) atoms. The van der Waals surface area contributed by atoms with E-state index in [0.29, 0.717) is 16.3 Å². The van der Waals surface area contributed by atoms with E-state index in [9.17, 15) is 14.8 Å². The first-order valence-electron chi connectivity index (χ1n) is 6.97. The van der Waals surface area contributed by atoms with Crippen molar-refractivity contribution < 1.29 is 33.8 Å². The molecule has 2 aromatic heterocycles. The number of ether oxygens (including phenoxy) is 1. The van der Waals surface area contributed by atoms with Gasteiger partial charge in [-0.05, 0) is 6.26 Å². The maximum Gasteiger partial charge on any atom is 0.469 e. The number of nitrogens with two attached hydrogens (primary N) is 1. The zero-order chi connectivity index (χ0) is 18.4. The number of rotatable bonds is 5. The Bertz CT molecular complexity index is 828. The highest BCUT2D eigenvalue weighted by atomic mass is 32.2. The highest BCUT2D eigenvalue weighted by molar-refractivity contribution is 7.98. The molecule has 0 saturated carbocycles. The van der Waals surface area contributed by atoms with Crippen molar-refractivity contribution in [2.24, 2.45) is 0 Å². The van der Waals surface area contributed by atoms with Crippen molar-refractivity contribution in [1.82, 2.24) is 19.5 Å². The van der Waals surface area contributed by atoms with E-state index in [1.54, 1.807) is 6.26 Å². The molecule has 3 heterocycles. The number of aromatic nitrogens is 4. The second-order valence-corrected chi connectivity index (χ2v) is 7.26. The summed E-state index contributed by atoms with van der Waals surface area (Å²) >= 11 is 1.26. The average Bonchev–Trinajstić information content (AvgIpc) is 3.08. The van der Waals surface area contributed by atoms with Gasteiger partial charge in [0.2, 0.25) is 0 Å². The second kappa shape index (κ2) is 6.78. The van der Waals surface area contributed by atoms with Gasteiger partial charge in [0.05, 0.1) is 12.9 Å². The number of thioether (sulfide) groups is 1. The molecule has 12 nitrogen and oxygen atoms in total. The molecule has 138 valence electrons. The smallest absolute Gasteiger partial charge is 0.387 e. The maximum absolute atomic E-state index is 10.8. The summed E-state index contributed by atoms with van der Waals surface area (Å²) in [6.07, 6.45) is -1.96. The number of hydrogen-bond donors (Lipinski definition) is 5. The number of imidazole rings is 1. The largest absolute Gasteiger partial charge is 0.469 e. The molecule has 6 N–H and O–H groups in total. The minimum Gasteiger partial charge on any atom is -0.387 e. The van der Waals surface area contributed by atoms with Crippen LogP contribution in [0.3, 0.4) is 0 Å². The first-order valence-corrected chi connectivity index (χ1v) is 9.72. The summed E-state index contributed by atoms with van der Waals surface area (Å²) in [5, 5.41) is 20.7. The molecule has 0 amide bonds. The van der Waals surface area contributed by atoms with Crippen molar-refractivity contribution >= 4 is 36.6 Å². The molecule has 3 rings (SSSR count). The highest BCUT2D eigenvalue weighted by Gasteiger charge is 2.45. The van der Waals surface area contributed by atoms with Gasteiger partial charge in [0.25, 0.3) is 0 Å². The van der Waals surface area contributed by atoms with E-state index in [0.717, 1.165) is 0 Å². The van der Waals surface area contributed by atoms with Gasteiger partial charge in [-0.3, -0.25) is 9.09 Å². The molecule has 0 radical (unpaired) electrons.